The van der Waals surface area contributed by atoms with Gasteiger partial charge in [0.05, 0.1) is 42.8 Å². The predicted molar refractivity (Wildman–Crippen MR) is 157 cm³/mol. The summed E-state index contributed by atoms with van der Waals surface area (Å²) in [6.07, 6.45) is 5.25. The molecule has 42 heavy (non-hydrogen) atoms. The monoisotopic (exact) mass is 586 g/mol. The van der Waals surface area contributed by atoms with Gasteiger partial charge in [-0.05, 0) is 62.1 Å². The Hall–Kier alpha value is -3.28. The van der Waals surface area contributed by atoms with Gasteiger partial charge in [0.1, 0.15) is 18.0 Å². The Morgan fingerprint density at radius 3 is 2.64 bits per heavy atom. The van der Waals surface area contributed by atoms with Crippen LogP contribution >= 0.6 is 0 Å². The van der Waals surface area contributed by atoms with Crippen LogP contribution in [0.5, 0.6) is 0 Å². The highest BCUT2D eigenvalue weighted by Crippen LogP contribution is 2.27. The SMILES string of the molecule is C/C(=C\c1cc(F)c2cnn(CCO)c2c1)[C@H]1OC(=O)C[C@H](O)CC[C@H](C)[C@@H](OC(=O)N2CCN(C)CC2)C=C[C@@H]1C. The van der Waals surface area contributed by atoms with E-state index >= 15 is 0 Å². The predicted octanol–water partition coefficient (Wildman–Crippen LogP) is 3.61. The molecule has 1 fully saturated rings. The number of piperazine rings is 1. The van der Waals surface area contributed by atoms with Gasteiger partial charge in [0.15, 0.2) is 0 Å². The van der Waals surface area contributed by atoms with Crippen LogP contribution in [0.2, 0.25) is 0 Å². The quantitative estimate of drug-likeness (QED) is 0.403. The lowest BCUT2D eigenvalue weighted by atomic mass is 9.91. The summed E-state index contributed by atoms with van der Waals surface area (Å²) in [7, 11) is 2.02. The molecule has 1 aromatic heterocycles. The van der Waals surface area contributed by atoms with Crippen molar-refractivity contribution in [3.8, 4) is 0 Å². The van der Waals surface area contributed by atoms with E-state index in [0.29, 0.717) is 48.0 Å². The Labute approximate surface area is 246 Å². The number of nitrogens with zero attached hydrogens (tertiary/aromatic N) is 4. The van der Waals surface area contributed by atoms with Crippen molar-refractivity contribution >= 4 is 29.0 Å². The smallest absolute Gasteiger partial charge is 0.410 e. The lowest BCUT2D eigenvalue weighted by Crippen LogP contribution is -2.48. The molecule has 10 nitrogen and oxygen atoms in total. The highest BCUT2D eigenvalue weighted by molar-refractivity contribution is 5.82. The van der Waals surface area contributed by atoms with Gasteiger partial charge >= 0.3 is 12.1 Å². The number of halogens is 1. The number of esters is 1. The summed E-state index contributed by atoms with van der Waals surface area (Å²) in [5.41, 5.74) is 1.79. The van der Waals surface area contributed by atoms with E-state index in [1.807, 2.05) is 40.0 Å². The molecule has 230 valence electrons. The van der Waals surface area contributed by atoms with Crippen LogP contribution in [0.15, 0.2) is 36.1 Å². The number of aliphatic hydroxyl groups is 2. The van der Waals surface area contributed by atoms with Gasteiger partial charge < -0.3 is 29.5 Å². The van der Waals surface area contributed by atoms with Gasteiger partial charge in [-0.2, -0.15) is 5.10 Å². The summed E-state index contributed by atoms with van der Waals surface area (Å²) in [6, 6.07) is 3.18. The molecule has 4 rings (SSSR count). The fraction of sp³-hybridized carbons (Fsp3) is 0.581. The first-order valence-electron chi connectivity index (χ1n) is 14.7. The Bertz CT molecular complexity index is 1300. The Morgan fingerprint density at radius 1 is 1.19 bits per heavy atom. The van der Waals surface area contributed by atoms with E-state index < -0.39 is 30.1 Å². The fourth-order valence-corrected chi connectivity index (χ4v) is 5.49. The minimum absolute atomic E-state index is 0.0801. The standard InChI is InChI=1S/C31H43FN4O6/c1-20-5-7-24(38)18-29(39)42-30(21(2)6-8-28(20)41-31(40)35-11-9-34(4)10-12-35)22(3)15-23-16-26(32)25-19-33-36(13-14-37)27(25)17-23/h6,8,15-17,19-21,24,28,30,37-38H,5,7,9-14,18H2,1-4H3/b8-6?,22-15+/t20-,21-,24+,28-,30-/m0/s1. The minimum atomic E-state index is -0.888. The molecule has 0 spiro atoms. The van der Waals surface area contributed by atoms with E-state index in [2.05, 4.69) is 10.00 Å². The molecule has 1 amide bonds. The van der Waals surface area contributed by atoms with Crippen molar-refractivity contribution in [2.45, 2.75) is 64.9 Å². The summed E-state index contributed by atoms with van der Waals surface area (Å²) in [5.74, 6) is -1.35. The van der Waals surface area contributed by atoms with Crippen LogP contribution < -0.4 is 0 Å². The minimum Gasteiger partial charge on any atom is -0.457 e. The van der Waals surface area contributed by atoms with E-state index in [4.69, 9.17) is 9.47 Å². The number of likely N-dealkylation sites (N-methyl/N-ethyl adjacent to an activating group) is 1. The average Bonchev–Trinajstić information content (AvgIpc) is 3.35. The maximum absolute atomic E-state index is 14.9. The van der Waals surface area contributed by atoms with E-state index in [1.54, 1.807) is 21.7 Å². The number of aliphatic hydroxyl groups excluding tert-OH is 2. The van der Waals surface area contributed by atoms with Crippen LogP contribution in [0.1, 0.15) is 45.6 Å². The first-order chi connectivity index (χ1) is 20.0. The molecular formula is C31H43FN4O6. The van der Waals surface area contributed by atoms with Gasteiger partial charge in [-0.15, -0.1) is 0 Å². The zero-order chi connectivity index (χ0) is 30.4. The van der Waals surface area contributed by atoms with Crippen molar-refractivity contribution in [2.75, 3.05) is 39.8 Å². The number of hydrogen-bond donors (Lipinski definition) is 2. The van der Waals surface area contributed by atoms with Crippen LogP contribution in [-0.4, -0.2) is 100 Å². The fourth-order valence-electron chi connectivity index (χ4n) is 5.49. The average molecular weight is 587 g/mol. The van der Waals surface area contributed by atoms with Gasteiger partial charge in [0, 0.05) is 32.1 Å². The molecule has 2 aliphatic rings. The van der Waals surface area contributed by atoms with Crippen molar-refractivity contribution in [3.05, 3.63) is 47.4 Å². The molecule has 0 saturated carbocycles. The second kappa shape index (κ2) is 14.3. The van der Waals surface area contributed by atoms with E-state index in [-0.39, 0.29) is 37.5 Å². The largest absolute Gasteiger partial charge is 0.457 e. The van der Waals surface area contributed by atoms with E-state index in [1.165, 1.54) is 12.3 Å². The maximum Gasteiger partial charge on any atom is 0.410 e. The number of fused-ring (bicyclic) bond motifs is 1. The van der Waals surface area contributed by atoms with Gasteiger partial charge in [-0.1, -0.05) is 26.0 Å². The van der Waals surface area contributed by atoms with E-state index in [9.17, 15) is 24.2 Å². The number of rotatable bonds is 5. The molecule has 1 aromatic carbocycles. The zero-order valence-corrected chi connectivity index (χ0v) is 24.9. The van der Waals surface area contributed by atoms with Gasteiger partial charge in [-0.25, -0.2) is 9.18 Å². The third-order valence-electron chi connectivity index (χ3n) is 8.15. The number of aromatic nitrogens is 2. The number of benzene rings is 1. The molecule has 0 bridgehead atoms. The van der Waals surface area contributed by atoms with Gasteiger partial charge in [0.25, 0.3) is 0 Å². The molecule has 0 radical (unpaired) electrons. The zero-order valence-electron chi connectivity index (χ0n) is 24.9. The summed E-state index contributed by atoms with van der Waals surface area (Å²) < 4.78 is 28.3. The molecule has 0 unspecified atom stereocenters. The second-order valence-electron chi connectivity index (χ2n) is 11.6. The van der Waals surface area contributed by atoms with E-state index in [0.717, 1.165) is 13.1 Å². The number of amides is 1. The molecule has 2 aliphatic heterocycles. The normalized spacial score (nSPS) is 26.9. The first-order valence-corrected chi connectivity index (χ1v) is 14.7. The highest BCUT2D eigenvalue weighted by Gasteiger charge is 2.29. The van der Waals surface area contributed by atoms with Gasteiger partial charge in [0.2, 0.25) is 0 Å². The number of cyclic esters (lactones) is 1. The molecular weight excluding hydrogens is 543 g/mol. The lowest BCUT2D eigenvalue weighted by molar-refractivity contribution is -0.151. The highest BCUT2D eigenvalue weighted by atomic mass is 19.1. The van der Waals surface area contributed by atoms with Crippen molar-refractivity contribution in [1.82, 2.24) is 19.6 Å². The lowest BCUT2D eigenvalue weighted by Gasteiger charge is -2.33. The van der Waals surface area contributed by atoms with Crippen molar-refractivity contribution < 1.29 is 33.7 Å². The Morgan fingerprint density at radius 2 is 1.93 bits per heavy atom. The number of hydrogen-bond acceptors (Lipinski definition) is 8. The van der Waals surface area contributed by atoms with Crippen LogP contribution in [0.3, 0.4) is 0 Å². The molecule has 0 aliphatic carbocycles. The van der Waals surface area contributed by atoms with Crippen molar-refractivity contribution in [1.29, 1.82) is 0 Å². The maximum atomic E-state index is 14.9. The molecule has 3 heterocycles. The first kappa shape index (κ1) is 31.7. The summed E-state index contributed by atoms with van der Waals surface area (Å²) in [4.78, 5) is 29.7. The van der Waals surface area contributed by atoms with Crippen molar-refractivity contribution in [3.63, 3.8) is 0 Å². The summed E-state index contributed by atoms with van der Waals surface area (Å²) in [6.45, 7) is 8.57. The van der Waals surface area contributed by atoms with Crippen LogP contribution in [-0.2, 0) is 20.8 Å². The third-order valence-corrected chi connectivity index (χ3v) is 8.15. The van der Waals surface area contributed by atoms with Gasteiger partial charge in [-0.3, -0.25) is 9.48 Å². The number of carbonyl (C=O) groups is 2. The number of ether oxygens (including phenoxy) is 2. The molecule has 11 heteroatoms. The molecule has 5 atom stereocenters. The topological polar surface area (TPSA) is 117 Å². The molecule has 2 aromatic rings. The second-order valence-corrected chi connectivity index (χ2v) is 11.6. The summed E-state index contributed by atoms with van der Waals surface area (Å²) >= 11 is 0. The molecule has 2 N–H and O–H groups in total. The van der Waals surface area contributed by atoms with Crippen LogP contribution in [0.4, 0.5) is 9.18 Å². The van der Waals surface area contributed by atoms with Crippen molar-refractivity contribution in [2.24, 2.45) is 11.8 Å². The molecule has 1 saturated heterocycles. The third kappa shape index (κ3) is 7.96. The van der Waals surface area contributed by atoms with Crippen LogP contribution in [0, 0.1) is 17.7 Å². The number of carbonyl (C=O) groups excluding carboxylic acids is 2. The van der Waals surface area contributed by atoms with Crippen LogP contribution in [0.25, 0.3) is 17.0 Å². The Kier molecular flexibility index (Phi) is 10.7. The summed E-state index contributed by atoms with van der Waals surface area (Å²) in [5, 5.41) is 24.4. The Balaban J connectivity index is 1.60.